The Bertz CT molecular complexity index is 992. The Morgan fingerprint density at radius 1 is 1.33 bits per heavy atom. The van der Waals surface area contributed by atoms with Crippen molar-refractivity contribution in [2.24, 2.45) is 5.92 Å². The van der Waals surface area contributed by atoms with Crippen molar-refractivity contribution in [3.8, 4) is 17.2 Å². The second-order valence-corrected chi connectivity index (χ2v) is 7.17. The zero-order valence-corrected chi connectivity index (χ0v) is 15.1. The lowest BCUT2D eigenvalue weighted by Crippen LogP contribution is -2.20. The molecule has 0 spiro atoms. The highest BCUT2D eigenvalue weighted by Crippen LogP contribution is 2.60. The van der Waals surface area contributed by atoms with Gasteiger partial charge in [-0.2, -0.15) is 0 Å². The van der Waals surface area contributed by atoms with Crippen LogP contribution in [-0.2, 0) is 20.7 Å². The molecular formula is C19H15ClN2O5. The van der Waals surface area contributed by atoms with Gasteiger partial charge in [-0.1, -0.05) is 11.6 Å². The molecule has 1 amide bonds. The molecule has 0 radical (unpaired) electrons. The van der Waals surface area contributed by atoms with Crippen molar-refractivity contribution in [3.63, 3.8) is 0 Å². The fraction of sp³-hybridized carbons (Fsp3) is 0.316. The van der Waals surface area contributed by atoms with Gasteiger partial charge in [0.15, 0.2) is 0 Å². The number of fused-ring (bicyclic) bond motifs is 4. The van der Waals surface area contributed by atoms with E-state index in [0.717, 1.165) is 11.1 Å². The molecule has 7 nitrogen and oxygen atoms in total. The largest absolute Gasteiger partial charge is 0.488 e. The number of ether oxygens (including phenoxy) is 3. The van der Waals surface area contributed by atoms with Crippen molar-refractivity contribution in [3.05, 3.63) is 40.5 Å². The molecular weight excluding hydrogens is 372 g/mol. The lowest BCUT2D eigenvalue weighted by molar-refractivity contribution is -0.143. The number of hydrogen-bond donors (Lipinski definition) is 1. The van der Waals surface area contributed by atoms with Gasteiger partial charge in [0.05, 0.1) is 12.1 Å². The zero-order valence-electron chi connectivity index (χ0n) is 14.3. The van der Waals surface area contributed by atoms with E-state index in [1.165, 1.54) is 7.11 Å². The van der Waals surface area contributed by atoms with Gasteiger partial charge in [0.2, 0.25) is 5.91 Å². The van der Waals surface area contributed by atoms with Crippen LogP contribution >= 0.6 is 11.6 Å². The molecule has 1 saturated carbocycles. The molecule has 3 aliphatic rings. The molecule has 0 saturated heterocycles. The number of carbonyl (C=O) groups is 2. The van der Waals surface area contributed by atoms with E-state index in [2.05, 4.69) is 10.3 Å². The van der Waals surface area contributed by atoms with E-state index >= 15 is 0 Å². The molecule has 1 N–H and O–H groups in total. The Morgan fingerprint density at radius 3 is 3.00 bits per heavy atom. The van der Waals surface area contributed by atoms with Crippen molar-refractivity contribution in [1.82, 2.24) is 4.98 Å². The maximum absolute atomic E-state index is 11.8. The highest BCUT2D eigenvalue weighted by Gasteiger charge is 2.63. The quantitative estimate of drug-likeness (QED) is 0.816. The molecule has 27 heavy (non-hydrogen) atoms. The number of anilines is 1. The number of aromatic nitrogens is 1. The van der Waals surface area contributed by atoms with E-state index in [9.17, 15) is 9.59 Å². The monoisotopic (exact) mass is 386 g/mol. The summed E-state index contributed by atoms with van der Waals surface area (Å²) in [6.45, 7) is 0. The normalized spacial score (nSPS) is 24.1. The fourth-order valence-electron chi connectivity index (χ4n) is 3.83. The summed E-state index contributed by atoms with van der Waals surface area (Å²) in [5.41, 5.74) is 1.73. The maximum Gasteiger partial charge on any atom is 0.313 e. The van der Waals surface area contributed by atoms with Crippen molar-refractivity contribution in [2.45, 2.75) is 24.9 Å². The van der Waals surface area contributed by atoms with Gasteiger partial charge in [-0.3, -0.25) is 9.59 Å². The average Bonchev–Trinajstić information content (AvgIpc) is 3.25. The Kier molecular flexibility index (Phi) is 3.55. The molecule has 1 aliphatic carbocycles. The number of halogens is 1. The van der Waals surface area contributed by atoms with E-state index in [0.29, 0.717) is 40.9 Å². The van der Waals surface area contributed by atoms with Gasteiger partial charge in [0, 0.05) is 35.7 Å². The standard InChI is InChI=1S/C19H15ClN2O5/c1-25-19(24)16-15-9-6-13(10(20)7-12(9)27-17(15)16)26-11-4-5-21-18-8(11)2-3-14(23)22-18/h4-7,15-17H,2-3H2,1H3,(H,21,22,23). The molecule has 1 aromatic heterocycles. The number of pyridine rings is 1. The van der Waals surface area contributed by atoms with Gasteiger partial charge < -0.3 is 19.5 Å². The number of nitrogens with one attached hydrogen (secondary N) is 1. The van der Waals surface area contributed by atoms with Crippen LogP contribution in [-0.4, -0.2) is 30.1 Å². The average molecular weight is 387 g/mol. The first-order chi connectivity index (χ1) is 13.1. The molecule has 138 valence electrons. The molecule has 2 aromatic rings. The van der Waals surface area contributed by atoms with Gasteiger partial charge in [0.1, 0.15) is 35.1 Å². The summed E-state index contributed by atoms with van der Waals surface area (Å²) >= 11 is 6.37. The van der Waals surface area contributed by atoms with Crippen LogP contribution in [0.25, 0.3) is 0 Å². The SMILES string of the molecule is COC(=O)C1C2Oc3cc(Cl)c(Oc4ccnc5c4CCC(=O)N5)cc3C21. The Morgan fingerprint density at radius 2 is 2.19 bits per heavy atom. The van der Waals surface area contributed by atoms with Crippen LogP contribution in [0.5, 0.6) is 17.2 Å². The number of methoxy groups -OCH3 is 1. The third kappa shape index (κ3) is 2.53. The predicted octanol–water partition coefficient (Wildman–Crippen LogP) is 3.06. The van der Waals surface area contributed by atoms with Gasteiger partial charge >= 0.3 is 5.97 Å². The number of carbonyl (C=O) groups excluding carboxylic acids is 2. The molecule has 3 unspecified atom stereocenters. The van der Waals surface area contributed by atoms with Crippen molar-refractivity contribution >= 4 is 29.3 Å². The van der Waals surface area contributed by atoms with Gasteiger partial charge in [-0.05, 0) is 18.6 Å². The predicted molar refractivity (Wildman–Crippen MR) is 95.4 cm³/mol. The first-order valence-electron chi connectivity index (χ1n) is 8.60. The zero-order chi connectivity index (χ0) is 18.7. The number of esters is 1. The smallest absolute Gasteiger partial charge is 0.313 e. The summed E-state index contributed by atoms with van der Waals surface area (Å²) < 4.78 is 16.7. The lowest BCUT2D eigenvalue weighted by Gasteiger charge is -2.19. The van der Waals surface area contributed by atoms with E-state index < -0.39 is 0 Å². The number of benzene rings is 1. The topological polar surface area (TPSA) is 86.8 Å². The molecule has 3 heterocycles. The van der Waals surface area contributed by atoms with Crippen LogP contribution in [0.4, 0.5) is 5.82 Å². The summed E-state index contributed by atoms with van der Waals surface area (Å²) in [7, 11) is 1.37. The minimum absolute atomic E-state index is 0.0299. The summed E-state index contributed by atoms with van der Waals surface area (Å²) in [5, 5.41) is 3.16. The van der Waals surface area contributed by atoms with Crippen LogP contribution in [0.2, 0.25) is 5.02 Å². The molecule has 8 heteroatoms. The Balaban J connectivity index is 1.46. The third-order valence-corrected chi connectivity index (χ3v) is 5.50. The number of nitrogens with zero attached hydrogens (tertiary/aromatic N) is 1. The second kappa shape index (κ2) is 5.85. The molecule has 2 aliphatic heterocycles. The molecule has 0 bridgehead atoms. The van der Waals surface area contributed by atoms with Gasteiger partial charge in [0.25, 0.3) is 0 Å². The molecule has 3 atom stereocenters. The molecule has 5 rings (SSSR count). The summed E-state index contributed by atoms with van der Waals surface area (Å²) in [5.74, 6) is 1.61. The Labute approximate surface area is 159 Å². The summed E-state index contributed by atoms with van der Waals surface area (Å²) in [6.07, 6.45) is 2.31. The minimum Gasteiger partial charge on any atom is -0.488 e. The molecule has 1 aromatic carbocycles. The first kappa shape index (κ1) is 16.4. The summed E-state index contributed by atoms with van der Waals surface area (Å²) in [6, 6.07) is 5.27. The Hall–Kier alpha value is -2.80. The minimum atomic E-state index is -0.277. The van der Waals surface area contributed by atoms with E-state index in [4.69, 9.17) is 25.8 Å². The maximum atomic E-state index is 11.8. The number of hydrogen-bond acceptors (Lipinski definition) is 6. The van der Waals surface area contributed by atoms with Crippen LogP contribution in [0.3, 0.4) is 0 Å². The molecule has 1 fully saturated rings. The van der Waals surface area contributed by atoms with E-state index in [-0.39, 0.29) is 29.8 Å². The van der Waals surface area contributed by atoms with Crippen LogP contribution in [0.15, 0.2) is 24.4 Å². The van der Waals surface area contributed by atoms with Crippen LogP contribution in [0.1, 0.15) is 23.5 Å². The first-order valence-corrected chi connectivity index (χ1v) is 8.98. The van der Waals surface area contributed by atoms with E-state index in [1.807, 2.05) is 6.07 Å². The van der Waals surface area contributed by atoms with Gasteiger partial charge in [-0.15, -0.1) is 0 Å². The van der Waals surface area contributed by atoms with Crippen LogP contribution < -0.4 is 14.8 Å². The highest BCUT2D eigenvalue weighted by molar-refractivity contribution is 6.32. The van der Waals surface area contributed by atoms with Crippen molar-refractivity contribution in [2.75, 3.05) is 12.4 Å². The lowest BCUT2D eigenvalue weighted by atomic mass is 10.1. The summed E-state index contributed by atoms with van der Waals surface area (Å²) in [4.78, 5) is 27.6. The number of rotatable bonds is 3. The van der Waals surface area contributed by atoms with Crippen LogP contribution in [0, 0.1) is 5.92 Å². The second-order valence-electron chi connectivity index (χ2n) is 6.76. The van der Waals surface area contributed by atoms with Gasteiger partial charge in [-0.25, -0.2) is 4.98 Å². The fourth-order valence-corrected chi connectivity index (χ4v) is 4.02. The third-order valence-electron chi connectivity index (χ3n) is 5.21. The van der Waals surface area contributed by atoms with Crippen molar-refractivity contribution in [1.29, 1.82) is 0 Å². The highest BCUT2D eigenvalue weighted by atomic mass is 35.5. The number of amides is 1. The van der Waals surface area contributed by atoms with E-state index in [1.54, 1.807) is 18.3 Å². The van der Waals surface area contributed by atoms with Crippen molar-refractivity contribution < 1.29 is 23.8 Å².